The Morgan fingerprint density at radius 1 is 1.06 bits per heavy atom. The van der Waals surface area contributed by atoms with Gasteiger partial charge in [-0.1, -0.05) is 85.7 Å². The van der Waals surface area contributed by atoms with Crippen LogP contribution in [0.3, 0.4) is 0 Å². The number of ether oxygens (including phenoxy) is 1. The molecule has 7 heteroatoms. The maximum absolute atomic E-state index is 13.9. The molecule has 1 aromatic carbocycles. The Kier molecular flexibility index (Phi) is 10.9. The fraction of sp³-hybridized carbons (Fsp3) is 0.621. The average Bonchev–Trinajstić information content (AvgIpc) is 2.79. The largest absolute Gasteiger partial charge is 0.478 e. The van der Waals surface area contributed by atoms with Gasteiger partial charge in [-0.3, -0.25) is 9.59 Å². The van der Waals surface area contributed by atoms with Gasteiger partial charge in [0.2, 0.25) is 5.91 Å². The lowest BCUT2D eigenvalue weighted by molar-refractivity contribution is -0.144. The van der Waals surface area contributed by atoms with Gasteiger partial charge in [-0.25, -0.2) is 4.79 Å². The first-order valence-electron chi connectivity index (χ1n) is 12.6. The van der Waals surface area contributed by atoms with Gasteiger partial charge in [-0.05, 0) is 35.8 Å². The lowest BCUT2D eigenvalue weighted by atomic mass is 9.78. The minimum absolute atomic E-state index is 0.0248. The number of aliphatic carboxylic acids is 1. The van der Waals surface area contributed by atoms with Crippen LogP contribution in [0.5, 0.6) is 0 Å². The highest BCUT2D eigenvalue weighted by atomic mass is 16.5. The third-order valence-electron chi connectivity index (χ3n) is 6.98. The van der Waals surface area contributed by atoms with E-state index in [-0.39, 0.29) is 23.3 Å². The van der Waals surface area contributed by atoms with E-state index in [1.165, 1.54) is 7.11 Å². The molecule has 36 heavy (non-hydrogen) atoms. The van der Waals surface area contributed by atoms with E-state index in [9.17, 15) is 19.5 Å². The van der Waals surface area contributed by atoms with Crippen LogP contribution < -0.4 is 5.32 Å². The van der Waals surface area contributed by atoms with Crippen molar-refractivity contribution in [2.75, 3.05) is 14.2 Å². The normalized spacial score (nSPS) is 15.6. The molecule has 0 aliphatic heterocycles. The molecule has 1 aromatic rings. The maximum Gasteiger partial charge on any atom is 0.331 e. The summed E-state index contributed by atoms with van der Waals surface area (Å²) in [6.45, 7) is 17.0. The Labute approximate surface area is 217 Å². The number of nitrogens with one attached hydrogen (secondary N) is 1. The number of likely N-dealkylation sites (N-methyl/N-ethyl adjacent to an activating group) is 1. The molecule has 202 valence electrons. The van der Waals surface area contributed by atoms with Crippen LogP contribution in [0.25, 0.3) is 0 Å². The van der Waals surface area contributed by atoms with Crippen LogP contribution in [0.15, 0.2) is 41.5 Å². The van der Waals surface area contributed by atoms with E-state index in [0.717, 1.165) is 5.56 Å². The number of nitrogens with zero attached hydrogens (tertiary/aromatic N) is 1. The van der Waals surface area contributed by atoms with Crippen LogP contribution >= 0.6 is 0 Å². The van der Waals surface area contributed by atoms with Crippen molar-refractivity contribution in [2.45, 2.75) is 92.3 Å². The first-order chi connectivity index (χ1) is 16.5. The van der Waals surface area contributed by atoms with Crippen molar-refractivity contribution in [2.24, 2.45) is 11.3 Å². The van der Waals surface area contributed by atoms with Gasteiger partial charge in [-0.2, -0.15) is 0 Å². The molecule has 1 rings (SSSR count). The summed E-state index contributed by atoms with van der Waals surface area (Å²) in [4.78, 5) is 40.8. The first kappa shape index (κ1) is 31.4. The van der Waals surface area contributed by atoms with Crippen molar-refractivity contribution >= 4 is 17.8 Å². The van der Waals surface area contributed by atoms with Gasteiger partial charge < -0.3 is 20.1 Å². The summed E-state index contributed by atoms with van der Waals surface area (Å²) in [6, 6.07) is 8.40. The molecule has 0 radical (unpaired) electrons. The molecule has 0 bridgehead atoms. The number of rotatable bonds is 11. The third kappa shape index (κ3) is 7.19. The van der Waals surface area contributed by atoms with Gasteiger partial charge in [0.1, 0.15) is 12.1 Å². The van der Waals surface area contributed by atoms with Crippen molar-refractivity contribution in [3.63, 3.8) is 0 Å². The van der Waals surface area contributed by atoms with Gasteiger partial charge in [-0.15, -0.1) is 0 Å². The third-order valence-corrected chi connectivity index (χ3v) is 6.98. The molecular formula is C29H46N2O5. The van der Waals surface area contributed by atoms with Crippen molar-refractivity contribution in [3.8, 4) is 0 Å². The summed E-state index contributed by atoms with van der Waals surface area (Å²) in [5, 5.41) is 12.6. The van der Waals surface area contributed by atoms with E-state index < -0.39 is 35.0 Å². The summed E-state index contributed by atoms with van der Waals surface area (Å²) in [5.74, 6) is -1.67. The summed E-state index contributed by atoms with van der Waals surface area (Å²) < 4.78 is 5.67. The first-order valence-corrected chi connectivity index (χ1v) is 12.6. The molecule has 0 saturated heterocycles. The summed E-state index contributed by atoms with van der Waals surface area (Å²) in [5.41, 5.74) is 0.651. The monoisotopic (exact) mass is 502 g/mol. The summed E-state index contributed by atoms with van der Waals surface area (Å²) >= 11 is 0. The number of carboxylic acids is 1. The van der Waals surface area contributed by atoms with Crippen molar-refractivity contribution < 1.29 is 24.2 Å². The molecule has 7 nitrogen and oxygen atoms in total. The molecule has 0 fully saturated rings. The van der Waals surface area contributed by atoms with Gasteiger partial charge in [0.25, 0.3) is 5.91 Å². The smallest absolute Gasteiger partial charge is 0.331 e. The maximum atomic E-state index is 13.9. The minimum Gasteiger partial charge on any atom is -0.478 e. The summed E-state index contributed by atoms with van der Waals surface area (Å²) in [7, 11) is 3.18. The van der Waals surface area contributed by atoms with E-state index in [1.54, 1.807) is 18.9 Å². The molecule has 0 aliphatic carbocycles. The van der Waals surface area contributed by atoms with Crippen LogP contribution in [-0.2, 0) is 24.5 Å². The topological polar surface area (TPSA) is 95.9 Å². The van der Waals surface area contributed by atoms with Gasteiger partial charge in [0.15, 0.2) is 0 Å². The van der Waals surface area contributed by atoms with Crippen LogP contribution in [0.2, 0.25) is 0 Å². The number of carbonyl (C=O) groups is 3. The molecule has 2 N–H and O–H groups in total. The second-order valence-corrected chi connectivity index (χ2v) is 11.5. The van der Waals surface area contributed by atoms with Gasteiger partial charge in [0, 0.05) is 25.1 Å². The number of carbonyl (C=O) groups excluding carboxylic acids is 2. The Balaban J connectivity index is 3.40. The van der Waals surface area contributed by atoms with Crippen molar-refractivity contribution in [1.29, 1.82) is 0 Å². The predicted molar refractivity (Wildman–Crippen MR) is 144 cm³/mol. The summed E-state index contributed by atoms with van der Waals surface area (Å²) in [6.07, 6.45) is -0.327. The predicted octanol–water partition coefficient (Wildman–Crippen LogP) is 4.80. The molecule has 2 amide bonds. The van der Waals surface area contributed by atoms with E-state index in [2.05, 4.69) is 5.32 Å². The van der Waals surface area contributed by atoms with Crippen LogP contribution in [0.4, 0.5) is 0 Å². The number of carboxylic acid groups (broad SMARTS) is 1. The molecule has 0 spiro atoms. The van der Waals surface area contributed by atoms with E-state index in [0.29, 0.717) is 12.0 Å². The highest BCUT2D eigenvalue weighted by molar-refractivity contribution is 5.91. The highest BCUT2D eigenvalue weighted by Gasteiger charge is 2.43. The molecule has 1 unspecified atom stereocenters. The molecule has 0 saturated carbocycles. The molecule has 0 heterocycles. The average molecular weight is 503 g/mol. The molecule has 0 aliphatic rings. The van der Waals surface area contributed by atoms with Crippen LogP contribution in [0.1, 0.15) is 74.3 Å². The standard InChI is InChI=1S/C29H46N2O5/c1-12-21(19(4)27(34)35)22(18(2)3)31(10)26(33)23(28(5,6)7)30-25(32)24(36-11)29(8,9)20-16-14-13-15-17-20/h13-18,22-24H,12H2,1-11H3,(H,30,32)(H,34,35)/t22-,23+,24?/m0/s1. The number of hydrogen-bond donors (Lipinski definition) is 2. The zero-order chi connectivity index (χ0) is 28.0. The number of amides is 2. The second-order valence-electron chi connectivity index (χ2n) is 11.5. The SMILES string of the molecule is CCC(=C(C)C(=O)O)[C@H](C(C)C)N(C)C(=O)[C@@H](NC(=O)C(OC)C(C)(C)c1ccccc1)C(C)(C)C. The van der Waals surface area contributed by atoms with Crippen LogP contribution in [-0.4, -0.2) is 60.1 Å². The highest BCUT2D eigenvalue weighted by Crippen LogP contribution is 2.31. The number of methoxy groups -OCH3 is 1. The second kappa shape index (κ2) is 12.5. The van der Waals surface area contributed by atoms with Gasteiger partial charge in [0.05, 0.1) is 6.04 Å². The van der Waals surface area contributed by atoms with Gasteiger partial charge >= 0.3 is 5.97 Å². The lowest BCUT2D eigenvalue weighted by Gasteiger charge is -2.41. The quantitative estimate of drug-likeness (QED) is 0.424. The molecular weight excluding hydrogens is 456 g/mol. The molecule has 0 aromatic heterocycles. The lowest BCUT2D eigenvalue weighted by Crippen LogP contribution is -2.60. The number of hydrogen-bond acceptors (Lipinski definition) is 4. The van der Waals surface area contributed by atoms with Crippen LogP contribution in [0, 0.1) is 11.3 Å². The Morgan fingerprint density at radius 3 is 1.97 bits per heavy atom. The molecule has 3 atom stereocenters. The van der Waals surface area contributed by atoms with Crippen molar-refractivity contribution in [3.05, 3.63) is 47.0 Å². The Morgan fingerprint density at radius 2 is 1.58 bits per heavy atom. The zero-order valence-corrected chi connectivity index (χ0v) is 23.9. The Hall–Kier alpha value is -2.67. The fourth-order valence-corrected chi connectivity index (χ4v) is 4.87. The van der Waals surface area contributed by atoms with E-state index in [1.807, 2.05) is 85.7 Å². The minimum atomic E-state index is -0.995. The van der Waals surface area contributed by atoms with E-state index in [4.69, 9.17) is 4.74 Å². The van der Waals surface area contributed by atoms with E-state index >= 15 is 0 Å². The fourth-order valence-electron chi connectivity index (χ4n) is 4.87. The number of benzene rings is 1. The van der Waals surface area contributed by atoms with Crippen molar-refractivity contribution in [1.82, 2.24) is 10.2 Å². The Bertz CT molecular complexity index is 944. The zero-order valence-electron chi connectivity index (χ0n) is 23.9.